The van der Waals surface area contributed by atoms with Crippen LogP contribution in [0.25, 0.3) is 0 Å². The number of urea groups is 1. The Balaban J connectivity index is 1.43. The van der Waals surface area contributed by atoms with Gasteiger partial charge in [0.25, 0.3) is 0 Å². The fourth-order valence-corrected chi connectivity index (χ4v) is 2.67. The minimum atomic E-state index is -0.0265. The van der Waals surface area contributed by atoms with Crippen LogP contribution < -0.4 is 5.32 Å². The molecule has 0 bridgehead atoms. The highest BCUT2D eigenvalue weighted by Crippen LogP contribution is 2.10. The molecule has 0 unspecified atom stereocenters. The standard InChI is InChI=1S/C15H22N6O2/c1-12-9-14(23-18-12)11-20-5-7-21(8-6-20)15(22)16-10-13-3-4-17-19(13)2/h3-4,9H,5-8,10-11H2,1-2H3,(H,16,22). The third-order valence-corrected chi connectivity index (χ3v) is 4.06. The molecule has 0 saturated carbocycles. The molecule has 0 atom stereocenters. The van der Waals surface area contributed by atoms with Crippen molar-refractivity contribution in [3.8, 4) is 0 Å². The number of nitrogens with one attached hydrogen (secondary N) is 1. The van der Waals surface area contributed by atoms with Gasteiger partial charge in [0.1, 0.15) is 0 Å². The number of rotatable bonds is 4. The Morgan fingerprint density at radius 1 is 1.35 bits per heavy atom. The molecule has 1 aliphatic heterocycles. The average molecular weight is 318 g/mol. The number of piperazine rings is 1. The molecule has 3 rings (SSSR count). The zero-order valence-corrected chi connectivity index (χ0v) is 13.5. The number of amides is 2. The fraction of sp³-hybridized carbons (Fsp3) is 0.533. The number of carbonyl (C=O) groups excluding carboxylic acids is 1. The predicted molar refractivity (Wildman–Crippen MR) is 83.5 cm³/mol. The van der Waals surface area contributed by atoms with Crippen molar-refractivity contribution in [2.45, 2.75) is 20.0 Å². The van der Waals surface area contributed by atoms with Crippen molar-refractivity contribution in [1.29, 1.82) is 0 Å². The molecule has 1 saturated heterocycles. The summed E-state index contributed by atoms with van der Waals surface area (Å²) in [6.45, 7) is 6.24. The molecule has 0 aliphatic carbocycles. The first-order valence-electron chi connectivity index (χ1n) is 7.76. The normalized spacial score (nSPS) is 15.8. The highest BCUT2D eigenvalue weighted by Gasteiger charge is 2.21. The van der Waals surface area contributed by atoms with E-state index in [9.17, 15) is 4.79 Å². The van der Waals surface area contributed by atoms with Gasteiger partial charge in [0, 0.05) is 45.5 Å². The Kier molecular flexibility index (Phi) is 4.61. The first-order valence-corrected chi connectivity index (χ1v) is 7.76. The average Bonchev–Trinajstić information content (AvgIpc) is 3.14. The van der Waals surface area contributed by atoms with E-state index >= 15 is 0 Å². The predicted octanol–water partition coefficient (Wildman–Crippen LogP) is 0.744. The minimum Gasteiger partial charge on any atom is -0.360 e. The summed E-state index contributed by atoms with van der Waals surface area (Å²) < 4.78 is 7.00. The Hall–Kier alpha value is -2.35. The van der Waals surface area contributed by atoms with Gasteiger partial charge < -0.3 is 14.7 Å². The van der Waals surface area contributed by atoms with E-state index in [0.29, 0.717) is 19.6 Å². The maximum absolute atomic E-state index is 12.2. The zero-order valence-electron chi connectivity index (χ0n) is 13.5. The first-order chi connectivity index (χ1) is 11.1. The number of hydrogen-bond donors (Lipinski definition) is 1. The fourth-order valence-electron chi connectivity index (χ4n) is 2.67. The summed E-state index contributed by atoms with van der Waals surface area (Å²) >= 11 is 0. The summed E-state index contributed by atoms with van der Waals surface area (Å²) in [6.07, 6.45) is 1.73. The third-order valence-electron chi connectivity index (χ3n) is 4.06. The molecule has 124 valence electrons. The molecule has 8 nitrogen and oxygen atoms in total. The van der Waals surface area contributed by atoms with E-state index in [0.717, 1.165) is 36.8 Å². The molecule has 1 N–H and O–H groups in total. The second-order valence-electron chi connectivity index (χ2n) is 5.80. The second kappa shape index (κ2) is 6.82. The number of aryl methyl sites for hydroxylation is 2. The van der Waals surface area contributed by atoms with Crippen molar-refractivity contribution < 1.29 is 9.32 Å². The largest absolute Gasteiger partial charge is 0.360 e. The highest BCUT2D eigenvalue weighted by molar-refractivity contribution is 5.74. The number of carbonyl (C=O) groups is 1. The Labute approximate surface area is 135 Å². The van der Waals surface area contributed by atoms with Gasteiger partial charge in [-0.25, -0.2) is 4.79 Å². The van der Waals surface area contributed by atoms with E-state index in [4.69, 9.17) is 4.52 Å². The van der Waals surface area contributed by atoms with E-state index in [1.165, 1.54) is 0 Å². The van der Waals surface area contributed by atoms with Gasteiger partial charge in [-0.1, -0.05) is 5.16 Å². The lowest BCUT2D eigenvalue weighted by atomic mass is 10.3. The number of aromatic nitrogens is 3. The van der Waals surface area contributed by atoms with Crippen LogP contribution in [0.1, 0.15) is 17.1 Å². The van der Waals surface area contributed by atoms with Crippen LogP contribution in [0.3, 0.4) is 0 Å². The van der Waals surface area contributed by atoms with Crippen LogP contribution in [0, 0.1) is 6.92 Å². The van der Waals surface area contributed by atoms with Crippen LogP contribution in [-0.2, 0) is 20.1 Å². The quantitative estimate of drug-likeness (QED) is 0.899. The van der Waals surface area contributed by atoms with Crippen LogP contribution in [0.15, 0.2) is 22.9 Å². The molecule has 0 spiro atoms. The van der Waals surface area contributed by atoms with Crippen molar-refractivity contribution >= 4 is 6.03 Å². The lowest BCUT2D eigenvalue weighted by molar-refractivity contribution is 0.127. The first kappa shape index (κ1) is 15.5. The number of nitrogens with zero attached hydrogens (tertiary/aromatic N) is 5. The van der Waals surface area contributed by atoms with Crippen molar-refractivity contribution in [1.82, 2.24) is 30.1 Å². The van der Waals surface area contributed by atoms with Crippen LogP contribution >= 0.6 is 0 Å². The van der Waals surface area contributed by atoms with Gasteiger partial charge >= 0.3 is 6.03 Å². The van der Waals surface area contributed by atoms with Crippen LogP contribution in [0.5, 0.6) is 0 Å². The van der Waals surface area contributed by atoms with Crippen LogP contribution in [0.4, 0.5) is 4.79 Å². The van der Waals surface area contributed by atoms with Gasteiger partial charge in [-0.15, -0.1) is 0 Å². The van der Waals surface area contributed by atoms with Crippen molar-refractivity contribution in [3.63, 3.8) is 0 Å². The molecular weight excluding hydrogens is 296 g/mol. The molecule has 8 heteroatoms. The van der Waals surface area contributed by atoms with Gasteiger partial charge in [-0.3, -0.25) is 9.58 Å². The lowest BCUT2D eigenvalue weighted by Gasteiger charge is -2.34. The molecule has 2 aromatic heterocycles. The number of hydrogen-bond acceptors (Lipinski definition) is 5. The zero-order chi connectivity index (χ0) is 16.2. The van der Waals surface area contributed by atoms with Crippen LogP contribution in [0.2, 0.25) is 0 Å². The van der Waals surface area contributed by atoms with E-state index in [1.807, 2.05) is 31.0 Å². The van der Waals surface area contributed by atoms with Crippen LogP contribution in [-0.4, -0.2) is 56.9 Å². The van der Waals surface area contributed by atoms with E-state index in [2.05, 4.69) is 20.5 Å². The Bertz CT molecular complexity index is 656. The topological polar surface area (TPSA) is 79.4 Å². The highest BCUT2D eigenvalue weighted by atomic mass is 16.5. The lowest BCUT2D eigenvalue weighted by Crippen LogP contribution is -2.51. The Morgan fingerprint density at radius 2 is 2.13 bits per heavy atom. The second-order valence-corrected chi connectivity index (χ2v) is 5.80. The summed E-state index contributed by atoms with van der Waals surface area (Å²) in [6, 6.07) is 3.83. The molecular formula is C15H22N6O2. The van der Waals surface area contributed by atoms with Gasteiger partial charge in [-0.2, -0.15) is 5.10 Å². The van der Waals surface area contributed by atoms with Gasteiger partial charge in [0.2, 0.25) is 0 Å². The maximum atomic E-state index is 12.2. The third kappa shape index (κ3) is 3.89. The van der Waals surface area contributed by atoms with Crippen molar-refractivity contribution in [2.24, 2.45) is 7.05 Å². The van der Waals surface area contributed by atoms with Crippen molar-refractivity contribution in [2.75, 3.05) is 26.2 Å². The van der Waals surface area contributed by atoms with E-state index < -0.39 is 0 Å². The molecule has 2 aromatic rings. The molecule has 3 heterocycles. The Morgan fingerprint density at radius 3 is 2.74 bits per heavy atom. The van der Waals surface area contributed by atoms with Gasteiger partial charge in [0.15, 0.2) is 5.76 Å². The monoisotopic (exact) mass is 318 g/mol. The maximum Gasteiger partial charge on any atom is 0.317 e. The molecule has 0 aromatic carbocycles. The summed E-state index contributed by atoms with van der Waals surface area (Å²) in [5, 5.41) is 10.9. The molecule has 2 amide bonds. The molecule has 1 aliphatic rings. The summed E-state index contributed by atoms with van der Waals surface area (Å²) in [7, 11) is 1.87. The SMILES string of the molecule is Cc1cc(CN2CCN(C(=O)NCc3ccnn3C)CC2)on1. The molecule has 23 heavy (non-hydrogen) atoms. The minimum absolute atomic E-state index is 0.0265. The molecule has 1 fully saturated rings. The van der Waals surface area contributed by atoms with E-state index in [-0.39, 0.29) is 6.03 Å². The smallest absolute Gasteiger partial charge is 0.317 e. The molecule has 0 radical (unpaired) electrons. The summed E-state index contributed by atoms with van der Waals surface area (Å²) in [4.78, 5) is 16.3. The van der Waals surface area contributed by atoms with E-state index in [1.54, 1.807) is 10.9 Å². The van der Waals surface area contributed by atoms with Gasteiger partial charge in [-0.05, 0) is 13.0 Å². The summed E-state index contributed by atoms with van der Waals surface area (Å²) in [5.41, 5.74) is 1.88. The van der Waals surface area contributed by atoms with Gasteiger partial charge in [0.05, 0.1) is 24.5 Å². The van der Waals surface area contributed by atoms with Crippen molar-refractivity contribution in [3.05, 3.63) is 35.5 Å². The summed E-state index contributed by atoms with van der Waals surface area (Å²) in [5.74, 6) is 0.872.